The highest BCUT2D eigenvalue weighted by atomic mass is 15.3. The molecule has 2 aromatic rings. The molecule has 0 radical (unpaired) electrons. The highest BCUT2D eigenvalue weighted by Crippen LogP contribution is 2.09. The van der Waals surface area contributed by atoms with Crippen LogP contribution in [0.15, 0.2) is 18.3 Å². The van der Waals surface area contributed by atoms with E-state index in [-0.39, 0.29) is 0 Å². The normalized spacial score (nSPS) is 10.8. The van der Waals surface area contributed by atoms with E-state index in [0.717, 1.165) is 17.8 Å². The van der Waals surface area contributed by atoms with Crippen LogP contribution in [0.1, 0.15) is 18.3 Å². The van der Waals surface area contributed by atoms with Crippen LogP contribution in [-0.2, 0) is 6.42 Å². The van der Waals surface area contributed by atoms with Crippen molar-refractivity contribution in [2.75, 3.05) is 0 Å². The lowest BCUT2D eigenvalue weighted by Gasteiger charge is -1.95. The molecule has 0 saturated carbocycles. The molecule has 0 bridgehead atoms. The second-order valence-electron chi connectivity index (χ2n) is 2.79. The third-order valence-corrected chi connectivity index (χ3v) is 2.02. The average Bonchev–Trinajstić information content (AvgIpc) is 2.40. The SMILES string of the molecule is CCc1c(C)nc2cccnn12. The standard InChI is InChI=1S/C9H11N3/c1-3-8-7(2)11-9-5-4-6-10-12(8)9/h4-6H,3H2,1-2H3. The van der Waals surface area contributed by atoms with Crippen LogP contribution < -0.4 is 0 Å². The van der Waals surface area contributed by atoms with Gasteiger partial charge in [-0.2, -0.15) is 5.10 Å². The summed E-state index contributed by atoms with van der Waals surface area (Å²) in [5.41, 5.74) is 3.22. The Morgan fingerprint density at radius 2 is 2.33 bits per heavy atom. The Labute approximate surface area is 71.1 Å². The summed E-state index contributed by atoms with van der Waals surface area (Å²) in [6.07, 6.45) is 2.76. The maximum Gasteiger partial charge on any atom is 0.154 e. The first-order valence-corrected chi connectivity index (χ1v) is 4.12. The Morgan fingerprint density at radius 1 is 1.50 bits per heavy atom. The maximum atomic E-state index is 4.38. The summed E-state index contributed by atoms with van der Waals surface area (Å²) in [5.74, 6) is 0. The lowest BCUT2D eigenvalue weighted by molar-refractivity contribution is 0.852. The molecular formula is C9H11N3. The van der Waals surface area contributed by atoms with Gasteiger partial charge in [-0.15, -0.1) is 0 Å². The first-order valence-electron chi connectivity index (χ1n) is 4.12. The molecule has 0 aromatic carbocycles. The smallest absolute Gasteiger partial charge is 0.154 e. The predicted octanol–water partition coefficient (Wildman–Crippen LogP) is 1.60. The zero-order valence-corrected chi connectivity index (χ0v) is 7.28. The number of hydrogen-bond donors (Lipinski definition) is 0. The first kappa shape index (κ1) is 7.28. The number of imidazole rings is 1. The van der Waals surface area contributed by atoms with E-state index in [4.69, 9.17) is 0 Å². The molecular weight excluding hydrogens is 150 g/mol. The van der Waals surface area contributed by atoms with E-state index in [1.54, 1.807) is 6.20 Å². The van der Waals surface area contributed by atoms with Gasteiger partial charge in [0, 0.05) is 6.20 Å². The van der Waals surface area contributed by atoms with E-state index in [9.17, 15) is 0 Å². The quantitative estimate of drug-likeness (QED) is 0.636. The van der Waals surface area contributed by atoms with Crippen LogP contribution in [0.25, 0.3) is 5.65 Å². The number of nitrogens with zero attached hydrogens (tertiary/aromatic N) is 3. The van der Waals surface area contributed by atoms with E-state index >= 15 is 0 Å². The van der Waals surface area contributed by atoms with Gasteiger partial charge < -0.3 is 0 Å². The Hall–Kier alpha value is -1.38. The molecule has 0 aliphatic rings. The van der Waals surface area contributed by atoms with Crippen LogP contribution in [0.2, 0.25) is 0 Å². The predicted molar refractivity (Wildman–Crippen MR) is 47.1 cm³/mol. The summed E-state index contributed by atoms with van der Waals surface area (Å²) < 4.78 is 1.90. The minimum absolute atomic E-state index is 0.937. The number of aryl methyl sites for hydroxylation is 2. The molecule has 12 heavy (non-hydrogen) atoms. The fourth-order valence-corrected chi connectivity index (χ4v) is 1.45. The van der Waals surface area contributed by atoms with Gasteiger partial charge >= 0.3 is 0 Å². The van der Waals surface area contributed by atoms with Crippen LogP contribution in [0, 0.1) is 6.92 Å². The Bertz CT molecular complexity index is 403. The number of aromatic nitrogens is 3. The van der Waals surface area contributed by atoms with Crippen molar-refractivity contribution in [2.24, 2.45) is 0 Å². The largest absolute Gasteiger partial charge is 0.232 e. The van der Waals surface area contributed by atoms with Gasteiger partial charge in [0.05, 0.1) is 11.4 Å². The molecule has 0 atom stereocenters. The highest BCUT2D eigenvalue weighted by molar-refractivity contribution is 5.40. The minimum Gasteiger partial charge on any atom is -0.232 e. The zero-order chi connectivity index (χ0) is 8.55. The average molecular weight is 161 g/mol. The monoisotopic (exact) mass is 161 g/mol. The maximum absolute atomic E-state index is 4.38. The molecule has 3 heteroatoms. The second-order valence-corrected chi connectivity index (χ2v) is 2.79. The lowest BCUT2D eigenvalue weighted by atomic mass is 10.3. The van der Waals surface area contributed by atoms with E-state index in [0.29, 0.717) is 0 Å². The molecule has 2 rings (SSSR count). The molecule has 0 amide bonds. The highest BCUT2D eigenvalue weighted by Gasteiger charge is 2.05. The Kier molecular flexibility index (Phi) is 1.57. The van der Waals surface area contributed by atoms with Crippen LogP contribution in [0.5, 0.6) is 0 Å². The van der Waals surface area contributed by atoms with Crippen molar-refractivity contribution >= 4 is 5.65 Å². The van der Waals surface area contributed by atoms with Gasteiger partial charge in [-0.1, -0.05) is 6.92 Å². The van der Waals surface area contributed by atoms with E-state index < -0.39 is 0 Å². The van der Waals surface area contributed by atoms with Crippen LogP contribution in [-0.4, -0.2) is 14.6 Å². The van der Waals surface area contributed by atoms with Crippen LogP contribution >= 0.6 is 0 Å². The number of fused-ring (bicyclic) bond motifs is 1. The van der Waals surface area contributed by atoms with Crippen molar-refractivity contribution in [3.8, 4) is 0 Å². The molecule has 2 heterocycles. The van der Waals surface area contributed by atoms with Gasteiger partial charge in [0.25, 0.3) is 0 Å². The summed E-state index contributed by atoms with van der Waals surface area (Å²) in [6.45, 7) is 4.14. The summed E-state index contributed by atoms with van der Waals surface area (Å²) in [6, 6.07) is 3.88. The first-order chi connectivity index (χ1) is 5.83. The van der Waals surface area contributed by atoms with Crippen molar-refractivity contribution < 1.29 is 0 Å². The second kappa shape index (κ2) is 2.59. The van der Waals surface area contributed by atoms with E-state index in [1.807, 2.05) is 23.6 Å². The molecule has 0 N–H and O–H groups in total. The molecule has 2 aromatic heterocycles. The molecule has 0 spiro atoms. The summed E-state index contributed by atoms with van der Waals surface area (Å²) in [4.78, 5) is 4.38. The molecule has 3 nitrogen and oxygen atoms in total. The van der Waals surface area contributed by atoms with Gasteiger partial charge in [0.15, 0.2) is 5.65 Å². The van der Waals surface area contributed by atoms with Gasteiger partial charge in [0.1, 0.15) is 0 Å². The fraction of sp³-hybridized carbons (Fsp3) is 0.333. The molecule has 0 aliphatic carbocycles. The lowest BCUT2D eigenvalue weighted by Crippen LogP contribution is -1.95. The third kappa shape index (κ3) is 0.897. The molecule has 0 aliphatic heterocycles. The van der Waals surface area contributed by atoms with Crippen molar-refractivity contribution in [3.05, 3.63) is 29.7 Å². The van der Waals surface area contributed by atoms with Crippen molar-refractivity contribution in [1.29, 1.82) is 0 Å². The van der Waals surface area contributed by atoms with E-state index in [1.165, 1.54) is 5.69 Å². The Morgan fingerprint density at radius 3 is 3.08 bits per heavy atom. The van der Waals surface area contributed by atoms with Gasteiger partial charge in [-0.3, -0.25) is 0 Å². The van der Waals surface area contributed by atoms with Crippen molar-refractivity contribution in [3.63, 3.8) is 0 Å². The summed E-state index contributed by atoms with van der Waals surface area (Å²) in [7, 11) is 0. The molecule has 0 saturated heterocycles. The van der Waals surface area contributed by atoms with E-state index in [2.05, 4.69) is 17.0 Å². The van der Waals surface area contributed by atoms with Crippen LogP contribution in [0.3, 0.4) is 0 Å². The minimum atomic E-state index is 0.937. The van der Waals surface area contributed by atoms with Gasteiger partial charge in [0.2, 0.25) is 0 Å². The van der Waals surface area contributed by atoms with Crippen molar-refractivity contribution in [2.45, 2.75) is 20.3 Å². The number of hydrogen-bond acceptors (Lipinski definition) is 2. The fourth-order valence-electron chi connectivity index (χ4n) is 1.45. The van der Waals surface area contributed by atoms with Gasteiger partial charge in [-0.05, 0) is 25.5 Å². The molecule has 62 valence electrons. The van der Waals surface area contributed by atoms with Crippen LogP contribution in [0.4, 0.5) is 0 Å². The summed E-state index contributed by atoms with van der Waals surface area (Å²) >= 11 is 0. The molecule has 0 unspecified atom stereocenters. The summed E-state index contributed by atoms with van der Waals surface area (Å²) in [5, 5.41) is 4.23. The van der Waals surface area contributed by atoms with Crippen molar-refractivity contribution in [1.82, 2.24) is 14.6 Å². The number of rotatable bonds is 1. The topological polar surface area (TPSA) is 30.2 Å². The van der Waals surface area contributed by atoms with Gasteiger partial charge in [-0.25, -0.2) is 9.50 Å². The third-order valence-electron chi connectivity index (χ3n) is 2.02. The molecule has 0 fully saturated rings. The Balaban J connectivity index is 2.81. The zero-order valence-electron chi connectivity index (χ0n) is 7.28.